The zero-order valence-electron chi connectivity index (χ0n) is 10.7. The molecule has 0 atom stereocenters. The maximum absolute atomic E-state index is 10.8. The fourth-order valence-corrected chi connectivity index (χ4v) is 1.71. The lowest BCUT2D eigenvalue weighted by molar-refractivity contribution is -0.385. The highest BCUT2D eigenvalue weighted by Gasteiger charge is 2.14. The predicted octanol–water partition coefficient (Wildman–Crippen LogP) is 3.12. The fourth-order valence-electron chi connectivity index (χ4n) is 1.71. The lowest BCUT2D eigenvalue weighted by Crippen LogP contribution is -2.00. The number of hydrogen-bond donors (Lipinski definition) is 1. The highest BCUT2D eigenvalue weighted by atomic mass is 16.6. The Hall–Kier alpha value is -2.50. The zero-order chi connectivity index (χ0) is 13.8. The van der Waals surface area contributed by atoms with Crippen LogP contribution in [-0.2, 0) is 6.54 Å². The van der Waals surface area contributed by atoms with E-state index in [1.165, 1.54) is 13.2 Å². The Morgan fingerprint density at radius 1 is 1.37 bits per heavy atom. The van der Waals surface area contributed by atoms with Gasteiger partial charge in [0.15, 0.2) is 5.75 Å². The van der Waals surface area contributed by atoms with Crippen LogP contribution in [0.2, 0.25) is 0 Å². The number of ether oxygens (including phenoxy) is 1. The molecule has 0 aliphatic rings. The Balaban J connectivity index is 2.11. The van der Waals surface area contributed by atoms with Crippen LogP contribution >= 0.6 is 0 Å². The van der Waals surface area contributed by atoms with Crippen molar-refractivity contribution in [1.29, 1.82) is 0 Å². The molecule has 0 saturated carbocycles. The molecule has 1 N–H and O–H groups in total. The average molecular weight is 262 g/mol. The van der Waals surface area contributed by atoms with Gasteiger partial charge in [-0.1, -0.05) is 0 Å². The number of hydrogen-bond acceptors (Lipinski definition) is 5. The molecule has 0 aliphatic heterocycles. The van der Waals surface area contributed by atoms with Gasteiger partial charge in [0.2, 0.25) is 0 Å². The largest absolute Gasteiger partial charge is 0.490 e. The molecular weight excluding hydrogens is 248 g/mol. The summed E-state index contributed by atoms with van der Waals surface area (Å²) in [6.07, 6.45) is 0. The first kappa shape index (κ1) is 12.9. The van der Waals surface area contributed by atoms with Crippen molar-refractivity contribution in [1.82, 2.24) is 0 Å². The topological polar surface area (TPSA) is 77.5 Å². The molecule has 0 radical (unpaired) electrons. The van der Waals surface area contributed by atoms with E-state index in [4.69, 9.17) is 9.15 Å². The third-order valence-electron chi connectivity index (χ3n) is 2.64. The van der Waals surface area contributed by atoms with E-state index in [1.807, 2.05) is 19.1 Å². The van der Waals surface area contributed by atoms with Crippen LogP contribution < -0.4 is 10.1 Å². The number of nitro groups is 1. The van der Waals surface area contributed by atoms with Gasteiger partial charge < -0.3 is 14.5 Å². The molecule has 0 aliphatic carbocycles. The molecule has 2 rings (SSSR count). The smallest absolute Gasteiger partial charge is 0.311 e. The Morgan fingerprint density at radius 2 is 2.16 bits per heavy atom. The highest BCUT2D eigenvalue weighted by Crippen LogP contribution is 2.29. The monoisotopic (exact) mass is 262 g/mol. The fraction of sp³-hybridized carbons (Fsp3) is 0.231. The van der Waals surface area contributed by atoms with E-state index in [1.54, 1.807) is 12.1 Å². The Kier molecular flexibility index (Phi) is 3.70. The van der Waals surface area contributed by atoms with Crippen LogP contribution in [0.25, 0.3) is 0 Å². The number of nitrogens with one attached hydrogen (secondary N) is 1. The van der Waals surface area contributed by atoms with E-state index in [-0.39, 0.29) is 11.4 Å². The van der Waals surface area contributed by atoms with Gasteiger partial charge in [0.25, 0.3) is 0 Å². The van der Waals surface area contributed by atoms with Gasteiger partial charge in [-0.25, -0.2) is 0 Å². The predicted molar refractivity (Wildman–Crippen MR) is 70.4 cm³/mol. The maximum atomic E-state index is 10.8. The molecule has 0 saturated heterocycles. The van der Waals surface area contributed by atoms with E-state index in [2.05, 4.69) is 5.32 Å². The summed E-state index contributed by atoms with van der Waals surface area (Å²) in [6, 6.07) is 8.40. The highest BCUT2D eigenvalue weighted by molar-refractivity contribution is 5.57. The molecular formula is C13H14N2O4. The van der Waals surface area contributed by atoms with E-state index >= 15 is 0 Å². The second-order valence-electron chi connectivity index (χ2n) is 4.01. The third-order valence-corrected chi connectivity index (χ3v) is 2.64. The van der Waals surface area contributed by atoms with Gasteiger partial charge in [-0.05, 0) is 25.1 Å². The first-order valence-electron chi connectivity index (χ1n) is 5.72. The molecule has 0 unspecified atom stereocenters. The summed E-state index contributed by atoms with van der Waals surface area (Å²) in [5.74, 6) is 1.87. The van der Waals surface area contributed by atoms with E-state index in [0.29, 0.717) is 6.54 Å². The van der Waals surface area contributed by atoms with E-state index in [9.17, 15) is 10.1 Å². The summed E-state index contributed by atoms with van der Waals surface area (Å²) in [6.45, 7) is 2.38. The molecule has 1 aromatic heterocycles. The normalized spacial score (nSPS) is 10.2. The average Bonchev–Trinajstić information content (AvgIpc) is 2.81. The van der Waals surface area contributed by atoms with Gasteiger partial charge in [0.05, 0.1) is 18.6 Å². The van der Waals surface area contributed by atoms with E-state index < -0.39 is 4.92 Å². The number of methoxy groups -OCH3 is 1. The zero-order valence-corrected chi connectivity index (χ0v) is 10.7. The van der Waals surface area contributed by atoms with Crippen molar-refractivity contribution in [3.8, 4) is 5.75 Å². The van der Waals surface area contributed by atoms with Crippen molar-refractivity contribution < 1.29 is 14.1 Å². The first-order valence-corrected chi connectivity index (χ1v) is 5.72. The van der Waals surface area contributed by atoms with Crippen LogP contribution in [0, 0.1) is 17.0 Å². The number of furan rings is 1. The minimum absolute atomic E-state index is 0.0538. The lowest BCUT2D eigenvalue weighted by atomic mass is 10.2. The molecule has 0 spiro atoms. The van der Waals surface area contributed by atoms with Gasteiger partial charge >= 0.3 is 5.69 Å². The molecule has 6 nitrogen and oxygen atoms in total. The van der Waals surface area contributed by atoms with Gasteiger partial charge in [0, 0.05) is 17.8 Å². The molecule has 6 heteroatoms. The second-order valence-corrected chi connectivity index (χ2v) is 4.01. The molecule has 1 aromatic carbocycles. The first-order chi connectivity index (χ1) is 9.10. The van der Waals surface area contributed by atoms with Crippen molar-refractivity contribution in [3.63, 3.8) is 0 Å². The number of anilines is 1. The third kappa shape index (κ3) is 3.04. The van der Waals surface area contributed by atoms with Crippen molar-refractivity contribution in [2.75, 3.05) is 12.4 Å². The van der Waals surface area contributed by atoms with Crippen LogP contribution in [0.4, 0.5) is 11.4 Å². The summed E-state index contributed by atoms with van der Waals surface area (Å²) in [5.41, 5.74) is 0.679. The number of aryl methyl sites for hydroxylation is 1. The molecule has 0 amide bonds. The quantitative estimate of drug-likeness (QED) is 0.661. The molecule has 0 bridgehead atoms. The summed E-state index contributed by atoms with van der Waals surface area (Å²) in [4.78, 5) is 10.3. The van der Waals surface area contributed by atoms with Crippen LogP contribution in [0.15, 0.2) is 34.7 Å². The van der Waals surface area contributed by atoms with Gasteiger partial charge in [0.1, 0.15) is 11.5 Å². The molecule has 19 heavy (non-hydrogen) atoms. The summed E-state index contributed by atoms with van der Waals surface area (Å²) < 4.78 is 10.4. The standard InChI is InChI=1S/C13H14N2O4/c1-9-3-5-11(19-9)8-14-10-4-6-12(15(16)17)13(7-10)18-2/h3-7,14H,8H2,1-2H3. The van der Waals surface area contributed by atoms with Crippen molar-refractivity contribution in [2.24, 2.45) is 0 Å². The lowest BCUT2D eigenvalue weighted by Gasteiger charge is -2.07. The summed E-state index contributed by atoms with van der Waals surface area (Å²) >= 11 is 0. The van der Waals surface area contributed by atoms with Crippen LogP contribution in [0.1, 0.15) is 11.5 Å². The Labute approximate surface area is 110 Å². The minimum Gasteiger partial charge on any atom is -0.490 e. The molecule has 0 fully saturated rings. The van der Waals surface area contributed by atoms with Gasteiger partial charge in [-0.15, -0.1) is 0 Å². The van der Waals surface area contributed by atoms with Crippen LogP contribution in [0.5, 0.6) is 5.75 Å². The van der Waals surface area contributed by atoms with Crippen LogP contribution in [-0.4, -0.2) is 12.0 Å². The van der Waals surface area contributed by atoms with Crippen molar-refractivity contribution in [3.05, 3.63) is 52.0 Å². The summed E-state index contributed by atoms with van der Waals surface area (Å²) in [5, 5.41) is 13.9. The maximum Gasteiger partial charge on any atom is 0.311 e. The Bertz CT molecular complexity index is 592. The summed E-state index contributed by atoms with van der Waals surface area (Å²) in [7, 11) is 1.40. The van der Waals surface area contributed by atoms with Crippen molar-refractivity contribution >= 4 is 11.4 Å². The number of rotatable bonds is 5. The van der Waals surface area contributed by atoms with Gasteiger partial charge in [-0.3, -0.25) is 10.1 Å². The van der Waals surface area contributed by atoms with Crippen LogP contribution in [0.3, 0.4) is 0 Å². The number of nitrogens with zero attached hydrogens (tertiary/aromatic N) is 1. The van der Waals surface area contributed by atoms with Gasteiger partial charge in [-0.2, -0.15) is 0 Å². The molecule has 100 valence electrons. The molecule has 2 aromatic rings. The minimum atomic E-state index is -0.474. The number of nitro benzene ring substituents is 1. The molecule has 1 heterocycles. The number of benzene rings is 1. The SMILES string of the molecule is COc1cc(NCc2ccc(C)o2)ccc1[N+](=O)[O-]. The second kappa shape index (κ2) is 5.43. The Morgan fingerprint density at radius 3 is 2.74 bits per heavy atom. The van der Waals surface area contributed by atoms with E-state index in [0.717, 1.165) is 17.2 Å². The van der Waals surface area contributed by atoms with Crippen molar-refractivity contribution in [2.45, 2.75) is 13.5 Å².